The van der Waals surface area contributed by atoms with Crippen molar-refractivity contribution in [1.29, 1.82) is 0 Å². The number of oxazole rings is 1. The lowest BCUT2D eigenvalue weighted by Crippen LogP contribution is -2.01. The van der Waals surface area contributed by atoms with Crippen molar-refractivity contribution in [2.75, 3.05) is 7.11 Å². The van der Waals surface area contributed by atoms with Gasteiger partial charge in [-0.2, -0.15) is 0 Å². The highest BCUT2D eigenvalue weighted by Gasteiger charge is 2.09. The average Bonchev–Trinajstić information content (AvgIpc) is 2.67. The minimum atomic E-state index is -0.549. The smallest absolute Gasteiger partial charge is 0.417 e. The summed E-state index contributed by atoms with van der Waals surface area (Å²) in [5.41, 5.74) is 1.68. The third kappa shape index (κ3) is 2.50. The number of aryl methyl sites for hydroxylation is 1. The minimum absolute atomic E-state index is 0.257. The van der Waals surface area contributed by atoms with Crippen molar-refractivity contribution < 1.29 is 13.9 Å². The fraction of sp³-hybridized carbons (Fsp3) is 0.273. The summed E-state index contributed by atoms with van der Waals surface area (Å²) < 4.78 is 9.45. The Bertz CT molecular complexity index is 613. The quantitative estimate of drug-likeness (QED) is 0.850. The van der Waals surface area contributed by atoms with Gasteiger partial charge in [-0.1, -0.05) is 11.6 Å². The molecule has 1 aromatic carbocycles. The maximum Gasteiger partial charge on any atom is 0.417 e. The number of carbonyl (C=O) groups is 1. The van der Waals surface area contributed by atoms with Gasteiger partial charge in [0.2, 0.25) is 0 Å². The summed E-state index contributed by atoms with van der Waals surface area (Å²) in [5, 5.41) is 0.396. The van der Waals surface area contributed by atoms with Gasteiger partial charge in [-0.3, -0.25) is 9.78 Å². The molecular formula is C11H10ClNO4. The maximum atomic E-state index is 11.0. The van der Waals surface area contributed by atoms with Crippen LogP contribution in [0.3, 0.4) is 0 Å². The molecule has 0 amide bonds. The van der Waals surface area contributed by atoms with Gasteiger partial charge in [0.15, 0.2) is 5.58 Å². The molecule has 0 aliphatic heterocycles. The Kier molecular flexibility index (Phi) is 3.19. The molecule has 5 nitrogen and oxygen atoms in total. The fourth-order valence-electron chi connectivity index (χ4n) is 1.56. The lowest BCUT2D eigenvalue weighted by Gasteiger charge is -2.01. The summed E-state index contributed by atoms with van der Waals surface area (Å²) in [6.07, 6.45) is 0.740. The van der Waals surface area contributed by atoms with Crippen LogP contribution in [0.25, 0.3) is 11.1 Å². The molecule has 0 saturated heterocycles. The summed E-state index contributed by atoms with van der Waals surface area (Å²) in [6.45, 7) is 0. The Labute approximate surface area is 101 Å². The molecule has 0 radical (unpaired) electrons. The first-order valence-corrected chi connectivity index (χ1v) is 5.36. The van der Waals surface area contributed by atoms with E-state index in [1.165, 1.54) is 7.11 Å². The van der Waals surface area contributed by atoms with E-state index >= 15 is 0 Å². The van der Waals surface area contributed by atoms with Gasteiger partial charge in [-0.15, -0.1) is 0 Å². The van der Waals surface area contributed by atoms with Crippen LogP contribution in [0.1, 0.15) is 12.0 Å². The number of halogens is 1. The fourth-order valence-corrected chi connectivity index (χ4v) is 1.84. The van der Waals surface area contributed by atoms with Crippen LogP contribution in [0.2, 0.25) is 5.02 Å². The van der Waals surface area contributed by atoms with Gasteiger partial charge in [0.05, 0.1) is 12.1 Å². The zero-order chi connectivity index (χ0) is 12.4. The van der Waals surface area contributed by atoms with Crippen molar-refractivity contribution >= 4 is 28.7 Å². The van der Waals surface area contributed by atoms with Crippen LogP contribution in [-0.4, -0.2) is 18.1 Å². The van der Waals surface area contributed by atoms with E-state index in [0.29, 0.717) is 22.5 Å². The van der Waals surface area contributed by atoms with Gasteiger partial charge >= 0.3 is 11.7 Å². The molecular weight excluding hydrogens is 246 g/mol. The van der Waals surface area contributed by atoms with Crippen LogP contribution in [0.15, 0.2) is 21.3 Å². The number of fused-ring (bicyclic) bond motifs is 1. The van der Waals surface area contributed by atoms with E-state index in [0.717, 1.165) is 5.56 Å². The molecule has 1 heterocycles. The lowest BCUT2D eigenvalue weighted by molar-refractivity contribution is -0.140. The van der Waals surface area contributed by atoms with Crippen LogP contribution < -0.4 is 5.76 Å². The third-order valence-electron chi connectivity index (χ3n) is 2.39. The van der Waals surface area contributed by atoms with Gasteiger partial charge in [0.25, 0.3) is 0 Å². The predicted octanol–water partition coefficient (Wildman–Crippen LogP) is 1.88. The number of carbonyl (C=O) groups excluding carboxylic acids is 1. The third-order valence-corrected chi connectivity index (χ3v) is 2.69. The van der Waals surface area contributed by atoms with E-state index < -0.39 is 5.76 Å². The number of nitrogens with one attached hydrogen (secondary N) is 1. The maximum absolute atomic E-state index is 11.0. The van der Waals surface area contributed by atoms with E-state index in [-0.39, 0.29) is 12.4 Å². The highest BCUT2D eigenvalue weighted by Crippen LogP contribution is 2.23. The molecule has 0 aliphatic rings. The van der Waals surface area contributed by atoms with Crippen LogP contribution in [0.5, 0.6) is 0 Å². The zero-order valence-corrected chi connectivity index (χ0v) is 9.84. The largest absolute Gasteiger partial charge is 0.469 e. The topological polar surface area (TPSA) is 72.3 Å². The molecule has 0 fully saturated rings. The van der Waals surface area contributed by atoms with E-state index in [9.17, 15) is 9.59 Å². The summed E-state index contributed by atoms with van der Waals surface area (Å²) in [7, 11) is 1.34. The Hall–Kier alpha value is -1.75. The second kappa shape index (κ2) is 4.63. The standard InChI is InChI=1S/C11H10ClNO4/c1-16-9(14)3-2-6-4-7(12)10-8(5-6)17-11(15)13-10/h4-5H,2-3H2,1H3,(H,13,15). The number of rotatable bonds is 3. The minimum Gasteiger partial charge on any atom is -0.469 e. The van der Waals surface area contributed by atoms with Gasteiger partial charge in [0.1, 0.15) is 5.52 Å². The van der Waals surface area contributed by atoms with Crippen LogP contribution in [0, 0.1) is 0 Å². The molecule has 0 spiro atoms. The van der Waals surface area contributed by atoms with Crippen molar-refractivity contribution in [3.63, 3.8) is 0 Å². The monoisotopic (exact) mass is 255 g/mol. The van der Waals surface area contributed by atoms with Crippen molar-refractivity contribution in [3.05, 3.63) is 33.3 Å². The summed E-state index contributed by atoms with van der Waals surface area (Å²) in [4.78, 5) is 24.5. The Morgan fingerprint density at radius 3 is 3.00 bits per heavy atom. The number of esters is 1. The van der Waals surface area contributed by atoms with Crippen molar-refractivity contribution in [1.82, 2.24) is 4.98 Å². The van der Waals surface area contributed by atoms with Crippen LogP contribution in [-0.2, 0) is 16.0 Å². The number of methoxy groups -OCH3 is 1. The molecule has 90 valence electrons. The number of ether oxygens (including phenoxy) is 1. The molecule has 1 aromatic heterocycles. The zero-order valence-electron chi connectivity index (χ0n) is 9.08. The predicted molar refractivity (Wildman–Crippen MR) is 62.2 cm³/mol. The van der Waals surface area contributed by atoms with Crippen LogP contribution in [0.4, 0.5) is 0 Å². The molecule has 0 unspecified atom stereocenters. The van der Waals surface area contributed by atoms with E-state index in [2.05, 4.69) is 9.72 Å². The Morgan fingerprint density at radius 2 is 2.29 bits per heavy atom. The van der Waals surface area contributed by atoms with Gasteiger partial charge < -0.3 is 9.15 Å². The normalized spacial score (nSPS) is 10.7. The van der Waals surface area contributed by atoms with Gasteiger partial charge in [-0.05, 0) is 24.1 Å². The number of benzene rings is 1. The molecule has 2 aromatic rings. The Balaban J connectivity index is 2.30. The van der Waals surface area contributed by atoms with Crippen molar-refractivity contribution in [3.8, 4) is 0 Å². The first-order valence-electron chi connectivity index (χ1n) is 4.98. The number of hydrogen-bond acceptors (Lipinski definition) is 4. The summed E-state index contributed by atoms with van der Waals surface area (Å²) >= 11 is 5.98. The SMILES string of the molecule is COC(=O)CCc1cc(Cl)c2[nH]c(=O)oc2c1. The number of hydrogen-bond donors (Lipinski definition) is 1. The highest BCUT2D eigenvalue weighted by molar-refractivity contribution is 6.34. The summed E-state index contributed by atoms with van der Waals surface area (Å²) in [5.74, 6) is -0.844. The molecule has 0 atom stereocenters. The van der Waals surface area contributed by atoms with Crippen molar-refractivity contribution in [2.45, 2.75) is 12.8 Å². The molecule has 0 saturated carbocycles. The second-order valence-corrected chi connectivity index (χ2v) is 3.95. The molecule has 0 aliphatic carbocycles. The summed E-state index contributed by atoms with van der Waals surface area (Å²) in [6, 6.07) is 3.38. The van der Waals surface area contributed by atoms with Crippen LogP contribution >= 0.6 is 11.6 Å². The van der Waals surface area contributed by atoms with E-state index in [1.54, 1.807) is 12.1 Å². The highest BCUT2D eigenvalue weighted by atomic mass is 35.5. The van der Waals surface area contributed by atoms with E-state index in [4.69, 9.17) is 16.0 Å². The molecule has 6 heteroatoms. The number of H-pyrrole nitrogens is 1. The van der Waals surface area contributed by atoms with Crippen molar-refractivity contribution in [2.24, 2.45) is 0 Å². The average molecular weight is 256 g/mol. The molecule has 0 bridgehead atoms. The van der Waals surface area contributed by atoms with Gasteiger partial charge in [0, 0.05) is 6.42 Å². The van der Waals surface area contributed by atoms with Gasteiger partial charge in [-0.25, -0.2) is 4.79 Å². The Morgan fingerprint density at radius 1 is 1.53 bits per heavy atom. The second-order valence-electron chi connectivity index (χ2n) is 3.54. The molecule has 2 rings (SSSR count). The lowest BCUT2D eigenvalue weighted by atomic mass is 10.1. The number of aromatic nitrogens is 1. The van der Waals surface area contributed by atoms with E-state index in [1.807, 2.05) is 0 Å². The first-order chi connectivity index (χ1) is 8.10. The first kappa shape index (κ1) is 11.7. The molecule has 1 N–H and O–H groups in total. The molecule has 17 heavy (non-hydrogen) atoms. The number of aromatic amines is 1.